The van der Waals surface area contributed by atoms with Gasteiger partial charge in [0, 0.05) is 17.2 Å². The lowest BCUT2D eigenvalue weighted by molar-refractivity contribution is -0.116. The average molecular weight is 397 g/mol. The van der Waals surface area contributed by atoms with E-state index in [2.05, 4.69) is 15.9 Å². The maximum Gasteiger partial charge on any atom is 0.247 e. The molecule has 1 amide bonds. The van der Waals surface area contributed by atoms with Crippen LogP contribution < -0.4 is 9.21 Å². The molecule has 0 spiro atoms. The third-order valence-corrected chi connectivity index (χ3v) is 4.93. The number of hydrogen-bond acceptors (Lipinski definition) is 3. The lowest BCUT2D eigenvalue weighted by Gasteiger charge is -2.25. The average Bonchev–Trinajstić information content (AvgIpc) is 2.51. The highest BCUT2D eigenvalue weighted by molar-refractivity contribution is 9.10. The zero-order valence-electron chi connectivity index (χ0n) is 12.8. The summed E-state index contributed by atoms with van der Waals surface area (Å²) >= 11 is 3.31. The number of carbonyl (C=O) groups is 1. The summed E-state index contributed by atoms with van der Waals surface area (Å²) in [5.74, 6) is -0.318. The normalized spacial score (nSPS) is 11.1. The summed E-state index contributed by atoms with van der Waals surface area (Å²) in [4.78, 5) is 13.9. The summed E-state index contributed by atoms with van der Waals surface area (Å²) < 4.78 is 26.0. The second-order valence-electron chi connectivity index (χ2n) is 5.04. The lowest BCUT2D eigenvalue weighted by atomic mass is 10.3. The van der Waals surface area contributed by atoms with E-state index in [-0.39, 0.29) is 12.5 Å². The van der Waals surface area contributed by atoms with Gasteiger partial charge in [0.05, 0.1) is 11.9 Å². The molecule has 2 aromatic carbocycles. The highest BCUT2D eigenvalue weighted by Gasteiger charge is 2.23. The zero-order chi connectivity index (χ0) is 17.0. The summed E-state index contributed by atoms with van der Waals surface area (Å²) in [6.45, 7) is -0.263. The first kappa shape index (κ1) is 17.5. The van der Waals surface area contributed by atoms with Gasteiger partial charge in [0.25, 0.3) is 0 Å². The van der Waals surface area contributed by atoms with Crippen molar-refractivity contribution in [2.75, 3.05) is 29.1 Å². The second-order valence-corrected chi connectivity index (χ2v) is 7.86. The molecule has 0 heterocycles. The van der Waals surface area contributed by atoms with E-state index < -0.39 is 10.0 Å². The number of sulfonamides is 1. The summed E-state index contributed by atoms with van der Waals surface area (Å²) in [5, 5.41) is 0. The fourth-order valence-corrected chi connectivity index (χ4v) is 3.28. The first-order valence-electron chi connectivity index (χ1n) is 6.84. The number of nitrogens with zero attached hydrogens (tertiary/aromatic N) is 2. The van der Waals surface area contributed by atoms with E-state index in [0.717, 1.165) is 15.0 Å². The molecule has 0 saturated heterocycles. The fraction of sp³-hybridized carbons (Fsp3) is 0.188. The Bertz CT molecular complexity index is 794. The Balaban J connectivity index is 2.27. The Hall–Kier alpha value is -1.86. The fourth-order valence-electron chi connectivity index (χ4n) is 2.06. The molecule has 0 bridgehead atoms. The van der Waals surface area contributed by atoms with Crippen LogP contribution in [0.15, 0.2) is 59.1 Å². The summed E-state index contributed by atoms with van der Waals surface area (Å²) in [5.41, 5.74) is 1.15. The molecule has 0 aromatic heterocycles. The van der Waals surface area contributed by atoms with Crippen molar-refractivity contribution < 1.29 is 13.2 Å². The van der Waals surface area contributed by atoms with Gasteiger partial charge in [-0.1, -0.05) is 40.2 Å². The van der Waals surface area contributed by atoms with Crippen LogP contribution >= 0.6 is 15.9 Å². The van der Waals surface area contributed by atoms with E-state index in [1.54, 1.807) is 43.4 Å². The standard InChI is InChI=1S/C16H17BrN2O3S/c1-18(14-8-4-3-5-9-14)16(20)12-19(23(2,21)22)15-10-6-7-13(17)11-15/h3-11H,12H2,1-2H3. The van der Waals surface area contributed by atoms with Gasteiger partial charge in [-0.15, -0.1) is 0 Å². The Morgan fingerprint density at radius 3 is 2.22 bits per heavy atom. The molecular weight excluding hydrogens is 380 g/mol. The van der Waals surface area contributed by atoms with Gasteiger partial charge in [-0.25, -0.2) is 8.42 Å². The highest BCUT2D eigenvalue weighted by atomic mass is 79.9. The summed E-state index contributed by atoms with van der Waals surface area (Å²) in [6.07, 6.45) is 1.09. The van der Waals surface area contributed by atoms with Crippen LogP contribution in [0.1, 0.15) is 0 Å². The number of para-hydroxylation sites is 1. The largest absolute Gasteiger partial charge is 0.314 e. The van der Waals surface area contributed by atoms with Gasteiger partial charge in [-0.3, -0.25) is 9.10 Å². The molecule has 2 aromatic rings. The van der Waals surface area contributed by atoms with Gasteiger partial charge >= 0.3 is 0 Å². The van der Waals surface area contributed by atoms with Crippen LogP contribution in [0.3, 0.4) is 0 Å². The minimum atomic E-state index is -3.58. The van der Waals surface area contributed by atoms with Crippen LogP contribution in [0.25, 0.3) is 0 Å². The van der Waals surface area contributed by atoms with Crippen LogP contribution in [-0.2, 0) is 14.8 Å². The quantitative estimate of drug-likeness (QED) is 0.780. The van der Waals surface area contributed by atoms with E-state index in [1.165, 1.54) is 4.90 Å². The highest BCUT2D eigenvalue weighted by Crippen LogP contribution is 2.22. The summed E-state index contributed by atoms with van der Waals surface area (Å²) in [7, 11) is -1.96. The molecule has 7 heteroatoms. The third-order valence-electron chi connectivity index (χ3n) is 3.29. The van der Waals surface area contributed by atoms with E-state index in [4.69, 9.17) is 0 Å². The number of hydrogen-bond donors (Lipinski definition) is 0. The summed E-state index contributed by atoms with van der Waals surface area (Å²) in [6, 6.07) is 15.9. The third kappa shape index (κ3) is 4.56. The van der Waals surface area contributed by atoms with E-state index in [1.807, 2.05) is 18.2 Å². The van der Waals surface area contributed by atoms with Gasteiger partial charge in [-0.2, -0.15) is 0 Å². The molecule has 0 fully saturated rings. The minimum absolute atomic E-state index is 0.263. The number of likely N-dealkylation sites (N-methyl/N-ethyl adjacent to an activating group) is 1. The van der Waals surface area contributed by atoms with E-state index >= 15 is 0 Å². The molecule has 0 aliphatic heterocycles. The lowest BCUT2D eigenvalue weighted by Crippen LogP contribution is -2.41. The monoisotopic (exact) mass is 396 g/mol. The van der Waals surface area contributed by atoms with Crippen molar-refractivity contribution in [1.29, 1.82) is 0 Å². The van der Waals surface area contributed by atoms with Crippen molar-refractivity contribution in [3.05, 3.63) is 59.1 Å². The second kappa shape index (κ2) is 7.14. The first-order chi connectivity index (χ1) is 10.8. The number of halogens is 1. The van der Waals surface area contributed by atoms with Gasteiger partial charge in [0.15, 0.2) is 0 Å². The molecule has 0 saturated carbocycles. The van der Waals surface area contributed by atoms with Gasteiger partial charge in [-0.05, 0) is 30.3 Å². The van der Waals surface area contributed by atoms with Crippen LogP contribution in [0.5, 0.6) is 0 Å². The maximum absolute atomic E-state index is 12.5. The number of carbonyl (C=O) groups excluding carboxylic acids is 1. The number of anilines is 2. The number of amides is 1. The minimum Gasteiger partial charge on any atom is -0.314 e. The molecule has 23 heavy (non-hydrogen) atoms. The molecular formula is C16H17BrN2O3S. The molecule has 0 atom stereocenters. The predicted octanol–water partition coefficient (Wildman–Crippen LogP) is 2.88. The van der Waals surface area contributed by atoms with Gasteiger partial charge in [0.2, 0.25) is 15.9 Å². The Labute approximate surface area is 144 Å². The van der Waals surface area contributed by atoms with Crippen molar-refractivity contribution in [3.8, 4) is 0 Å². The molecule has 0 N–H and O–H groups in total. The molecule has 2 rings (SSSR count). The maximum atomic E-state index is 12.5. The van der Waals surface area contributed by atoms with Crippen LogP contribution in [0.4, 0.5) is 11.4 Å². The molecule has 0 radical (unpaired) electrons. The Morgan fingerprint density at radius 1 is 1.04 bits per heavy atom. The predicted molar refractivity (Wildman–Crippen MR) is 96.2 cm³/mol. The van der Waals surface area contributed by atoms with Gasteiger partial charge < -0.3 is 4.90 Å². The van der Waals surface area contributed by atoms with E-state index in [0.29, 0.717) is 11.4 Å². The van der Waals surface area contributed by atoms with Crippen molar-refractivity contribution in [2.24, 2.45) is 0 Å². The zero-order valence-corrected chi connectivity index (χ0v) is 15.2. The van der Waals surface area contributed by atoms with Crippen molar-refractivity contribution in [2.45, 2.75) is 0 Å². The molecule has 0 aliphatic carbocycles. The van der Waals surface area contributed by atoms with Crippen LogP contribution in [0, 0.1) is 0 Å². The van der Waals surface area contributed by atoms with Crippen LogP contribution in [0.2, 0.25) is 0 Å². The molecule has 5 nitrogen and oxygen atoms in total. The Kier molecular flexibility index (Phi) is 5.43. The molecule has 0 unspecified atom stereocenters. The molecule has 122 valence electrons. The molecule has 0 aliphatic rings. The topological polar surface area (TPSA) is 57.7 Å². The number of benzene rings is 2. The van der Waals surface area contributed by atoms with Gasteiger partial charge in [0.1, 0.15) is 6.54 Å². The first-order valence-corrected chi connectivity index (χ1v) is 9.48. The van der Waals surface area contributed by atoms with E-state index in [9.17, 15) is 13.2 Å². The van der Waals surface area contributed by atoms with Crippen molar-refractivity contribution in [1.82, 2.24) is 0 Å². The Morgan fingerprint density at radius 2 is 1.65 bits per heavy atom. The van der Waals surface area contributed by atoms with Crippen molar-refractivity contribution >= 4 is 43.2 Å². The number of rotatable bonds is 5. The van der Waals surface area contributed by atoms with Crippen LogP contribution in [-0.4, -0.2) is 34.2 Å². The smallest absolute Gasteiger partial charge is 0.247 e. The van der Waals surface area contributed by atoms with Crippen molar-refractivity contribution in [3.63, 3.8) is 0 Å². The SMILES string of the molecule is CN(C(=O)CN(c1cccc(Br)c1)S(C)(=O)=O)c1ccccc1.